The van der Waals surface area contributed by atoms with Crippen molar-refractivity contribution in [2.24, 2.45) is 5.73 Å². The van der Waals surface area contributed by atoms with Crippen molar-refractivity contribution in [2.75, 3.05) is 5.32 Å². The second kappa shape index (κ2) is 6.31. The van der Waals surface area contributed by atoms with Gasteiger partial charge in [0.15, 0.2) is 0 Å². The van der Waals surface area contributed by atoms with Crippen LogP contribution in [0.15, 0.2) is 37.1 Å². The number of nitrogens with two attached hydrogens (primary N) is 1. The molecule has 4 aromatic heterocycles. The summed E-state index contributed by atoms with van der Waals surface area (Å²) in [7, 11) is 0. The molecule has 8 nitrogen and oxygen atoms in total. The Hall–Kier alpha value is -3.00. The maximum absolute atomic E-state index is 5.99. The molecular formula is C19H22N8. The van der Waals surface area contributed by atoms with Gasteiger partial charge in [0.2, 0.25) is 11.7 Å². The van der Waals surface area contributed by atoms with Crippen LogP contribution in [0.5, 0.6) is 0 Å². The third-order valence-electron chi connectivity index (χ3n) is 5.38. The van der Waals surface area contributed by atoms with Crippen LogP contribution in [0.2, 0.25) is 0 Å². The molecule has 8 heteroatoms. The molecule has 27 heavy (non-hydrogen) atoms. The summed E-state index contributed by atoms with van der Waals surface area (Å²) in [6.07, 6.45) is 13.8. The van der Waals surface area contributed by atoms with Crippen LogP contribution < -0.4 is 11.1 Å². The van der Waals surface area contributed by atoms with Gasteiger partial charge in [0.25, 0.3) is 0 Å². The van der Waals surface area contributed by atoms with Crippen molar-refractivity contribution in [1.82, 2.24) is 29.0 Å². The van der Waals surface area contributed by atoms with Gasteiger partial charge in [0.05, 0.1) is 17.9 Å². The van der Waals surface area contributed by atoms with E-state index >= 15 is 0 Å². The standard InChI is InChI=1S/C19H22N8/c1-12-8-22-19-23-9-13(11-26(12)19)16-6-7-27-17(16)10-21-18(25-27)24-15-4-2-14(20)3-5-15/h6-11,14-15H,2-5,20H2,1H3,(H,24,25)/t14-,15-. The zero-order valence-electron chi connectivity index (χ0n) is 15.2. The van der Waals surface area contributed by atoms with E-state index in [0.29, 0.717) is 23.8 Å². The number of rotatable bonds is 3. The molecule has 0 aromatic carbocycles. The number of fused-ring (bicyclic) bond motifs is 2. The highest BCUT2D eigenvalue weighted by Crippen LogP contribution is 2.26. The fraction of sp³-hybridized carbons (Fsp3) is 0.368. The average Bonchev–Trinajstić information content (AvgIpc) is 3.27. The molecule has 0 amide bonds. The monoisotopic (exact) mass is 362 g/mol. The molecule has 3 N–H and O–H groups in total. The van der Waals surface area contributed by atoms with Crippen molar-refractivity contribution in [3.05, 3.63) is 42.7 Å². The van der Waals surface area contributed by atoms with Gasteiger partial charge in [-0.3, -0.25) is 4.40 Å². The SMILES string of the molecule is Cc1cnc2ncc(-c3ccn4nc(N[C@H]5CC[C@H](N)CC5)ncc34)cn12. The van der Waals surface area contributed by atoms with Gasteiger partial charge >= 0.3 is 0 Å². The van der Waals surface area contributed by atoms with Gasteiger partial charge in [-0.1, -0.05) is 0 Å². The van der Waals surface area contributed by atoms with Gasteiger partial charge in [0, 0.05) is 47.5 Å². The number of hydrogen-bond acceptors (Lipinski definition) is 6. The number of aryl methyl sites for hydroxylation is 1. The Labute approximate surface area is 156 Å². The van der Waals surface area contributed by atoms with Gasteiger partial charge in [0.1, 0.15) is 0 Å². The molecule has 4 heterocycles. The molecule has 4 aromatic rings. The molecule has 5 rings (SSSR count). The third-order valence-corrected chi connectivity index (χ3v) is 5.38. The Kier molecular flexibility index (Phi) is 3.78. The Morgan fingerprint density at radius 2 is 1.89 bits per heavy atom. The molecule has 138 valence electrons. The van der Waals surface area contributed by atoms with E-state index in [4.69, 9.17) is 5.73 Å². The zero-order valence-corrected chi connectivity index (χ0v) is 15.2. The number of nitrogens with zero attached hydrogens (tertiary/aromatic N) is 6. The number of nitrogens with one attached hydrogen (secondary N) is 1. The number of anilines is 1. The summed E-state index contributed by atoms with van der Waals surface area (Å²) in [4.78, 5) is 13.3. The topological polar surface area (TPSA) is 98.4 Å². The minimum atomic E-state index is 0.337. The second-order valence-corrected chi connectivity index (χ2v) is 7.31. The minimum absolute atomic E-state index is 0.337. The molecular weight excluding hydrogens is 340 g/mol. The summed E-state index contributed by atoms with van der Waals surface area (Å²) in [5.74, 6) is 1.36. The van der Waals surface area contributed by atoms with E-state index < -0.39 is 0 Å². The molecule has 1 fully saturated rings. The summed E-state index contributed by atoms with van der Waals surface area (Å²) in [5, 5.41) is 8.08. The Morgan fingerprint density at radius 1 is 1.07 bits per heavy atom. The van der Waals surface area contributed by atoms with Crippen molar-refractivity contribution in [3.8, 4) is 11.1 Å². The van der Waals surface area contributed by atoms with E-state index in [1.165, 1.54) is 0 Å². The number of imidazole rings is 1. The smallest absolute Gasteiger partial charge is 0.241 e. The molecule has 0 bridgehead atoms. The van der Waals surface area contributed by atoms with Crippen LogP contribution in [0.4, 0.5) is 5.95 Å². The fourth-order valence-corrected chi connectivity index (χ4v) is 3.78. The van der Waals surface area contributed by atoms with E-state index in [1.807, 2.05) is 46.7 Å². The highest BCUT2D eigenvalue weighted by molar-refractivity contribution is 5.79. The first-order valence-electron chi connectivity index (χ1n) is 9.34. The predicted octanol–water partition coefficient (Wildman–Crippen LogP) is 2.43. The van der Waals surface area contributed by atoms with Crippen LogP contribution in [-0.2, 0) is 0 Å². The van der Waals surface area contributed by atoms with E-state index in [0.717, 1.165) is 48.0 Å². The van der Waals surface area contributed by atoms with Gasteiger partial charge in [-0.05, 0) is 38.7 Å². The van der Waals surface area contributed by atoms with Gasteiger partial charge in [-0.15, -0.1) is 5.10 Å². The maximum Gasteiger partial charge on any atom is 0.241 e. The zero-order chi connectivity index (χ0) is 18.4. The normalized spacial score (nSPS) is 20.4. The van der Waals surface area contributed by atoms with Crippen LogP contribution in [0, 0.1) is 6.92 Å². The lowest BCUT2D eigenvalue weighted by Crippen LogP contribution is -2.33. The van der Waals surface area contributed by atoms with E-state index in [2.05, 4.69) is 31.6 Å². The van der Waals surface area contributed by atoms with Crippen molar-refractivity contribution < 1.29 is 0 Å². The number of aromatic nitrogens is 6. The lowest BCUT2D eigenvalue weighted by atomic mass is 9.92. The Balaban J connectivity index is 1.45. The number of hydrogen-bond donors (Lipinski definition) is 2. The molecule has 1 saturated carbocycles. The predicted molar refractivity (Wildman–Crippen MR) is 104 cm³/mol. The Morgan fingerprint density at radius 3 is 2.74 bits per heavy atom. The second-order valence-electron chi connectivity index (χ2n) is 7.31. The lowest BCUT2D eigenvalue weighted by molar-refractivity contribution is 0.409. The van der Waals surface area contributed by atoms with Crippen LogP contribution >= 0.6 is 0 Å². The van der Waals surface area contributed by atoms with Crippen molar-refractivity contribution in [2.45, 2.75) is 44.7 Å². The van der Waals surface area contributed by atoms with Crippen molar-refractivity contribution in [3.63, 3.8) is 0 Å². The first kappa shape index (κ1) is 16.2. The average molecular weight is 362 g/mol. The van der Waals surface area contributed by atoms with Gasteiger partial charge < -0.3 is 11.1 Å². The summed E-state index contributed by atoms with van der Waals surface area (Å²) in [6, 6.07) is 2.78. The molecule has 0 radical (unpaired) electrons. The fourth-order valence-electron chi connectivity index (χ4n) is 3.78. The molecule has 0 spiro atoms. The first-order valence-corrected chi connectivity index (χ1v) is 9.34. The maximum atomic E-state index is 5.99. The molecule has 1 aliphatic rings. The molecule has 0 unspecified atom stereocenters. The summed E-state index contributed by atoms with van der Waals surface area (Å²) >= 11 is 0. The third kappa shape index (κ3) is 2.91. The highest BCUT2D eigenvalue weighted by atomic mass is 15.3. The van der Waals surface area contributed by atoms with Crippen LogP contribution in [-0.4, -0.2) is 41.1 Å². The van der Waals surface area contributed by atoms with Gasteiger partial charge in [-0.2, -0.15) is 0 Å². The van der Waals surface area contributed by atoms with Crippen molar-refractivity contribution in [1.29, 1.82) is 0 Å². The summed E-state index contributed by atoms with van der Waals surface area (Å²) in [5.41, 5.74) is 10.0. The summed E-state index contributed by atoms with van der Waals surface area (Å²) < 4.78 is 3.85. The van der Waals surface area contributed by atoms with Gasteiger partial charge in [-0.25, -0.2) is 19.5 Å². The van der Waals surface area contributed by atoms with E-state index in [1.54, 1.807) is 0 Å². The largest absolute Gasteiger partial charge is 0.350 e. The lowest BCUT2D eigenvalue weighted by Gasteiger charge is -2.26. The van der Waals surface area contributed by atoms with Crippen LogP contribution in [0.3, 0.4) is 0 Å². The van der Waals surface area contributed by atoms with E-state index in [9.17, 15) is 0 Å². The van der Waals surface area contributed by atoms with Crippen molar-refractivity contribution >= 4 is 17.2 Å². The van der Waals surface area contributed by atoms with Crippen LogP contribution in [0.1, 0.15) is 31.4 Å². The summed E-state index contributed by atoms with van der Waals surface area (Å²) in [6.45, 7) is 2.02. The first-order chi connectivity index (χ1) is 13.2. The Bertz CT molecular complexity index is 1100. The highest BCUT2D eigenvalue weighted by Gasteiger charge is 2.19. The molecule has 0 saturated heterocycles. The molecule has 1 aliphatic carbocycles. The minimum Gasteiger partial charge on any atom is -0.350 e. The van der Waals surface area contributed by atoms with E-state index in [-0.39, 0.29) is 0 Å². The van der Waals surface area contributed by atoms with Crippen LogP contribution in [0.25, 0.3) is 22.4 Å². The quantitative estimate of drug-likeness (QED) is 0.581. The molecule has 0 aliphatic heterocycles. The molecule has 0 atom stereocenters.